The van der Waals surface area contributed by atoms with Crippen molar-refractivity contribution in [2.45, 2.75) is 13.1 Å². The number of H-pyrrole nitrogens is 1. The first kappa shape index (κ1) is 13.7. The van der Waals surface area contributed by atoms with Crippen LogP contribution in [0.5, 0.6) is 0 Å². The van der Waals surface area contributed by atoms with E-state index in [1.54, 1.807) is 0 Å². The van der Waals surface area contributed by atoms with Gasteiger partial charge in [-0.1, -0.05) is 0 Å². The van der Waals surface area contributed by atoms with Crippen LogP contribution in [-0.4, -0.2) is 19.2 Å². The lowest BCUT2D eigenvalue weighted by atomic mass is 10.2. The van der Waals surface area contributed by atoms with Crippen molar-refractivity contribution in [3.05, 3.63) is 30.0 Å². The summed E-state index contributed by atoms with van der Waals surface area (Å²) in [5, 5.41) is 0.295. The molecule has 0 unspecified atom stereocenters. The molecule has 2 N–H and O–H groups in total. The van der Waals surface area contributed by atoms with E-state index in [0.29, 0.717) is 10.9 Å². The summed E-state index contributed by atoms with van der Waals surface area (Å²) in [5.41, 5.74) is -0.327. The Bertz CT molecular complexity index is 704. The highest BCUT2D eigenvalue weighted by Crippen LogP contribution is 2.31. The normalized spacial score (nSPS) is 12.8. The molecule has 4 nitrogen and oxygen atoms in total. The van der Waals surface area contributed by atoms with Crippen molar-refractivity contribution in [3.8, 4) is 0 Å². The smallest absolute Gasteiger partial charge is 0.351 e. The van der Waals surface area contributed by atoms with Gasteiger partial charge in [0.1, 0.15) is 5.69 Å². The fourth-order valence-corrected chi connectivity index (χ4v) is 2.23. The van der Waals surface area contributed by atoms with E-state index in [1.165, 1.54) is 25.1 Å². The average molecular weight is 292 g/mol. The van der Waals surface area contributed by atoms with Crippen molar-refractivity contribution < 1.29 is 21.6 Å². The molecule has 0 aliphatic rings. The van der Waals surface area contributed by atoms with Gasteiger partial charge in [-0.3, -0.25) is 4.72 Å². The summed E-state index contributed by atoms with van der Waals surface area (Å²) >= 11 is 0. The third-order valence-electron chi connectivity index (χ3n) is 2.58. The third kappa shape index (κ3) is 3.01. The molecule has 1 aromatic heterocycles. The number of fused-ring (bicyclic) bond motifs is 1. The molecule has 0 saturated carbocycles. The molecular weight excluding hydrogens is 281 g/mol. The summed E-state index contributed by atoms with van der Waals surface area (Å²) in [6, 6.07) is 5.11. The minimum Gasteiger partial charge on any atom is -0.351 e. The van der Waals surface area contributed by atoms with Crippen LogP contribution in [0.25, 0.3) is 10.9 Å². The molecule has 0 aliphatic heterocycles. The maximum absolute atomic E-state index is 12.5. The lowest BCUT2D eigenvalue weighted by molar-refractivity contribution is -0.140. The van der Waals surface area contributed by atoms with E-state index >= 15 is 0 Å². The monoisotopic (exact) mass is 292 g/mol. The van der Waals surface area contributed by atoms with Gasteiger partial charge in [0.25, 0.3) is 0 Å². The zero-order valence-corrected chi connectivity index (χ0v) is 10.7. The van der Waals surface area contributed by atoms with Gasteiger partial charge in [-0.2, -0.15) is 13.2 Å². The molecule has 104 valence electrons. The van der Waals surface area contributed by atoms with E-state index in [-0.39, 0.29) is 11.4 Å². The van der Waals surface area contributed by atoms with Crippen LogP contribution in [0.4, 0.5) is 18.9 Å². The van der Waals surface area contributed by atoms with E-state index in [1.807, 2.05) is 0 Å². The number of benzene rings is 1. The van der Waals surface area contributed by atoms with Gasteiger partial charge >= 0.3 is 6.18 Å². The molecule has 0 aliphatic carbocycles. The Balaban J connectivity index is 2.41. The largest absolute Gasteiger partial charge is 0.431 e. The van der Waals surface area contributed by atoms with Crippen LogP contribution < -0.4 is 4.72 Å². The number of alkyl halides is 3. The first-order valence-corrected chi connectivity index (χ1v) is 7.07. The van der Waals surface area contributed by atoms with Gasteiger partial charge in [0.2, 0.25) is 10.0 Å². The summed E-state index contributed by atoms with van der Waals surface area (Å²) in [5.74, 6) is -0.105. The molecule has 0 amide bonds. The Morgan fingerprint density at radius 2 is 1.95 bits per heavy atom. The van der Waals surface area contributed by atoms with Crippen LogP contribution in [0.1, 0.15) is 12.6 Å². The molecule has 8 heteroatoms. The predicted octanol–water partition coefficient (Wildman–Crippen LogP) is 2.95. The minimum atomic E-state index is -4.46. The van der Waals surface area contributed by atoms with E-state index < -0.39 is 21.9 Å². The van der Waals surface area contributed by atoms with E-state index in [4.69, 9.17) is 0 Å². The Morgan fingerprint density at radius 1 is 1.26 bits per heavy atom. The molecule has 2 rings (SSSR count). The third-order valence-corrected chi connectivity index (χ3v) is 3.89. The average Bonchev–Trinajstić information content (AvgIpc) is 2.71. The molecule has 0 bridgehead atoms. The molecule has 1 aromatic carbocycles. The first-order chi connectivity index (χ1) is 8.71. The minimum absolute atomic E-state index is 0.105. The number of hydrogen-bond donors (Lipinski definition) is 2. The zero-order valence-electron chi connectivity index (χ0n) is 9.88. The van der Waals surface area contributed by atoms with Gasteiger partial charge < -0.3 is 4.98 Å². The maximum Gasteiger partial charge on any atom is 0.431 e. The van der Waals surface area contributed by atoms with Crippen molar-refractivity contribution in [2.24, 2.45) is 0 Å². The van der Waals surface area contributed by atoms with Crippen LogP contribution >= 0.6 is 0 Å². The Hall–Kier alpha value is -1.70. The number of nitrogens with one attached hydrogen (secondary N) is 2. The summed E-state index contributed by atoms with van der Waals surface area (Å²) in [6.07, 6.45) is -4.46. The van der Waals surface area contributed by atoms with Crippen LogP contribution in [0, 0.1) is 0 Å². The van der Waals surface area contributed by atoms with Gasteiger partial charge in [0, 0.05) is 16.6 Å². The molecule has 0 saturated heterocycles. The molecular formula is C11H11F3N2O2S. The Kier molecular flexibility index (Phi) is 3.21. The predicted molar refractivity (Wildman–Crippen MR) is 66.4 cm³/mol. The highest BCUT2D eigenvalue weighted by Gasteiger charge is 2.32. The Morgan fingerprint density at radius 3 is 2.53 bits per heavy atom. The molecule has 0 radical (unpaired) electrons. The SMILES string of the molecule is CCS(=O)(=O)Nc1ccc2[nH]c(C(F)(F)F)cc2c1. The van der Waals surface area contributed by atoms with E-state index in [9.17, 15) is 21.6 Å². The number of rotatable bonds is 3. The van der Waals surface area contributed by atoms with E-state index in [2.05, 4.69) is 9.71 Å². The van der Waals surface area contributed by atoms with Crippen molar-refractivity contribution in [2.75, 3.05) is 10.5 Å². The molecule has 1 heterocycles. The Labute approximate surface area is 107 Å². The topological polar surface area (TPSA) is 62.0 Å². The summed E-state index contributed by atoms with van der Waals surface area (Å²) in [4.78, 5) is 2.24. The van der Waals surface area contributed by atoms with Crippen molar-refractivity contribution in [1.82, 2.24) is 4.98 Å². The number of anilines is 1. The number of sulfonamides is 1. The zero-order chi connectivity index (χ0) is 14.3. The van der Waals surface area contributed by atoms with Gasteiger partial charge in [0.05, 0.1) is 5.75 Å². The second-order valence-corrected chi connectivity index (χ2v) is 6.00. The molecule has 19 heavy (non-hydrogen) atoms. The second kappa shape index (κ2) is 4.44. The standard InChI is InChI=1S/C11H11F3N2O2S/c1-2-19(17,18)16-8-3-4-9-7(5-8)6-10(15-9)11(12,13)14/h3-6,15-16H,2H2,1H3. The maximum atomic E-state index is 12.5. The van der Waals surface area contributed by atoms with Crippen molar-refractivity contribution in [1.29, 1.82) is 0 Å². The van der Waals surface area contributed by atoms with Gasteiger partial charge in [-0.25, -0.2) is 8.42 Å². The van der Waals surface area contributed by atoms with Crippen molar-refractivity contribution >= 4 is 26.6 Å². The second-order valence-electron chi connectivity index (χ2n) is 3.99. The summed E-state index contributed by atoms with van der Waals surface area (Å²) < 4.78 is 62.6. The fourth-order valence-electron chi connectivity index (χ4n) is 1.60. The molecule has 0 fully saturated rings. The van der Waals surface area contributed by atoms with Crippen LogP contribution in [0.3, 0.4) is 0 Å². The highest BCUT2D eigenvalue weighted by molar-refractivity contribution is 7.92. The number of aromatic nitrogens is 1. The number of hydrogen-bond acceptors (Lipinski definition) is 2. The van der Waals surface area contributed by atoms with Crippen LogP contribution in [-0.2, 0) is 16.2 Å². The number of halogens is 3. The summed E-state index contributed by atoms with van der Waals surface area (Å²) in [7, 11) is -3.45. The van der Waals surface area contributed by atoms with Gasteiger partial charge in [0.15, 0.2) is 0 Å². The lowest BCUT2D eigenvalue weighted by Gasteiger charge is -2.05. The first-order valence-electron chi connectivity index (χ1n) is 5.42. The molecule has 0 atom stereocenters. The lowest BCUT2D eigenvalue weighted by Crippen LogP contribution is -2.14. The van der Waals surface area contributed by atoms with Crippen LogP contribution in [0.15, 0.2) is 24.3 Å². The number of aromatic amines is 1. The fraction of sp³-hybridized carbons (Fsp3) is 0.273. The molecule has 0 spiro atoms. The highest BCUT2D eigenvalue weighted by atomic mass is 32.2. The van der Waals surface area contributed by atoms with Gasteiger partial charge in [-0.15, -0.1) is 0 Å². The van der Waals surface area contributed by atoms with Crippen LogP contribution in [0.2, 0.25) is 0 Å². The quantitative estimate of drug-likeness (QED) is 0.913. The van der Waals surface area contributed by atoms with E-state index in [0.717, 1.165) is 6.07 Å². The van der Waals surface area contributed by atoms with Crippen molar-refractivity contribution in [3.63, 3.8) is 0 Å². The van der Waals surface area contributed by atoms with Gasteiger partial charge in [-0.05, 0) is 31.2 Å². The molecule has 2 aromatic rings. The summed E-state index contributed by atoms with van der Waals surface area (Å²) in [6.45, 7) is 1.47.